The van der Waals surface area contributed by atoms with Crippen molar-refractivity contribution < 1.29 is 14.3 Å². The summed E-state index contributed by atoms with van der Waals surface area (Å²) in [5.74, 6) is 1.89. The lowest BCUT2D eigenvalue weighted by Gasteiger charge is -2.28. The first-order chi connectivity index (χ1) is 14.2. The number of aromatic nitrogens is 2. The number of rotatable bonds is 3. The number of carbonyl (C=O) groups excluding carboxylic acids is 1. The highest BCUT2D eigenvalue weighted by Crippen LogP contribution is 2.32. The van der Waals surface area contributed by atoms with Gasteiger partial charge in [-0.05, 0) is 17.7 Å². The topological polar surface area (TPSA) is 84.5 Å². The Labute approximate surface area is 166 Å². The minimum absolute atomic E-state index is 0.0268. The molecule has 2 aromatic carbocycles. The molecule has 5 rings (SSSR count). The molecule has 1 aromatic heterocycles. The van der Waals surface area contributed by atoms with E-state index in [1.54, 1.807) is 4.90 Å². The fourth-order valence-electron chi connectivity index (χ4n) is 3.71. The zero-order chi connectivity index (χ0) is 19.8. The van der Waals surface area contributed by atoms with E-state index in [0.29, 0.717) is 35.9 Å². The summed E-state index contributed by atoms with van der Waals surface area (Å²) in [7, 11) is 0. The average Bonchev–Trinajstić information content (AvgIpc) is 3.22. The molecule has 3 aromatic rings. The van der Waals surface area contributed by atoms with E-state index in [1.165, 1.54) is 0 Å². The second kappa shape index (κ2) is 7.09. The quantitative estimate of drug-likeness (QED) is 0.743. The van der Waals surface area contributed by atoms with Crippen LogP contribution in [0.3, 0.4) is 0 Å². The molecule has 7 heteroatoms. The lowest BCUT2D eigenvalue weighted by molar-refractivity contribution is -0.131. The van der Waals surface area contributed by atoms with Gasteiger partial charge in [0.2, 0.25) is 12.7 Å². The summed E-state index contributed by atoms with van der Waals surface area (Å²) in [6.07, 6.45) is 0.811. The standard InChI is InChI=1S/C22H19N3O4/c26-20(11-14-6-7-18-19(10-14)29-13-28-18)25-9-8-17-16(12-25)22(27)24-21(23-17)15-4-2-1-3-5-15/h1-7,10H,8-9,11-13H2,(H,23,24,27). The van der Waals surface area contributed by atoms with Gasteiger partial charge in [-0.1, -0.05) is 36.4 Å². The second-order valence-electron chi connectivity index (χ2n) is 7.14. The van der Waals surface area contributed by atoms with Crippen LogP contribution in [0.25, 0.3) is 11.4 Å². The van der Waals surface area contributed by atoms with Crippen molar-refractivity contribution in [2.24, 2.45) is 0 Å². The minimum atomic E-state index is -0.186. The van der Waals surface area contributed by atoms with Gasteiger partial charge in [-0.15, -0.1) is 0 Å². The van der Waals surface area contributed by atoms with Crippen LogP contribution in [0.5, 0.6) is 11.5 Å². The smallest absolute Gasteiger partial charge is 0.256 e. The van der Waals surface area contributed by atoms with Crippen LogP contribution in [0.4, 0.5) is 0 Å². The number of ether oxygens (including phenoxy) is 2. The fraction of sp³-hybridized carbons (Fsp3) is 0.227. The number of nitrogens with zero attached hydrogens (tertiary/aromatic N) is 2. The molecule has 7 nitrogen and oxygen atoms in total. The molecule has 0 saturated carbocycles. The SMILES string of the molecule is O=C(Cc1ccc2c(c1)OCO2)N1CCc2nc(-c3ccccc3)[nH]c(=O)c2C1. The first kappa shape index (κ1) is 17.5. The van der Waals surface area contributed by atoms with Crippen LogP contribution in [-0.2, 0) is 24.2 Å². The predicted molar refractivity (Wildman–Crippen MR) is 106 cm³/mol. The summed E-state index contributed by atoms with van der Waals surface area (Å²) in [6.45, 7) is 1.02. The maximum atomic E-state index is 12.8. The molecule has 0 aliphatic carbocycles. The van der Waals surface area contributed by atoms with E-state index in [9.17, 15) is 9.59 Å². The van der Waals surface area contributed by atoms with Crippen molar-refractivity contribution in [3.63, 3.8) is 0 Å². The highest BCUT2D eigenvalue weighted by atomic mass is 16.7. The summed E-state index contributed by atoms with van der Waals surface area (Å²) in [5.41, 5.74) is 2.87. The van der Waals surface area contributed by atoms with Gasteiger partial charge in [-0.25, -0.2) is 4.98 Å². The van der Waals surface area contributed by atoms with E-state index >= 15 is 0 Å². The van der Waals surface area contributed by atoms with Crippen molar-refractivity contribution in [2.75, 3.05) is 13.3 Å². The van der Waals surface area contributed by atoms with Crippen molar-refractivity contribution in [3.05, 3.63) is 75.7 Å². The minimum Gasteiger partial charge on any atom is -0.454 e. The van der Waals surface area contributed by atoms with E-state index < -0.39 is 0 Å². The van der Waals surface area contributed by atoms with Gasteiger partial charge in [0.1, 0.15) is 5.82 Å². The van der Waals surface area contributed by atoms with E-state index in [0.717, 1.165) is 16.8 Å². The summed E-state index contributed by atoms with van der Waals surface area (Å²) < 4.78 is 10.7. The Hall–Kier alpha value is -3.61. The molecule has 0 radical (unpaired) electrons. The Morgan fingerprint density at radius 3 is 2.79 bits per heavy atom. The van der Waals surface area contributed by atoms with Crippen molar-refractivity contribution in [1.29, 1.82) is 0 Å². The molecule has 29 heavy (non-hydrogen) atoms. The second-order valence-corrected chi connectivity index (χ2v) is 7.14. The van der Waals surface area contributed by atoms with E-state index in [4.69, 9.17) is 9.47 Å². The predicted octanol–water partition coefficient (Wildman–Crippen LogP) is 2.29. The van der Waals surface area contributed by atoms with Crippen LogP contribution in [0.1, 0.15) is 16.8 Å². The molecule has 0 saturated heterocycles. The zero-order valence-corrected chi connectivity index (χ0v) is 15.7. The van der Waals surface area contributed by atoms with Crippen molar-refractivity contribution in [1.82, 2.24) is 14.9 Å². The molecule has 0 spiro atoms. The summed E-state index contributed by atoms with van der Waals surface area (Å²) in [4.78, 5) is 34.7. The number of fused-ring (bicyclic) bond motifs is 2. The van der Waals surface area contributed by atoms with Crippen LogP contribution in [-0.4, -0.2) is 34.1 Å². The van der Waals surface area contributed by atoms with Crippen LogP contribution in [0, 0.1) is 0 Å². The third-order valence-electron chi connectivity index (χ3n) is 5.26. The average molecular weight is 389 g/mol. The van der Waals surface area contributed by atoms with Gasteiger partial charge in [-0.3, -0.25) is 9.59 Å². The molecule has 3 heterocycles. The summed E-state index contributed by atoms with van der Waals surface area (Å²) in [6, 6.07) is 15.1. The lowest BCUT2D eigenvalue weighted by atomic mass is 10.0. The Morgan fingerprint density at radius 1 is 1.10 bits per heavy atom. The van der Waals surface area contributed by atoms with E-state index in [1.807, 2.05) is 48.5 Å². The number of hydrogen-bond acceptors (Lipinski definition) is 5. The largest absolute Gasteiger partial charge is 0.454 e. The summed E-state index contributed by atoms with van der Waals surface area (Å²) in [5, 5.41) is 0. The Bertz CT molecular complexity index is 1140. The van der Waals surface area contributed by atoms with Gasteiger partial charge in [0.25, 0.3) is 5.56 Å². The Kier molecular flexibility index (Phi) is 4.27. The number of amides is 1. The molecule has 146 valence electrons. The van der Waals surface area contributed by atoms with Crippen LogP contribution in [0.15, 0.2) is 53.3 Å². The van der Waals surface area contributed by atoms with Crippen molar-refractivity contribution >= 4 is 5.91 Å². The first-order valence-corrected chi connectivity index (χ1v) is 9.51. The molecule has 0 fully saturated rings. The Balaban J connectivity index is 1.34. The molecular weight excluding hydrogens is 370 g/mol. The number of H-pyrrole nitrogens is 1. The highest BCUT2D eigenvalue weighted by Gasteiger charge is 2.25. The molecule has 2 aliphatic heterocycles. The van der Waals surface area contributed by atoms with Gasteiger partial charge >= 0.3 is 0 Å². The van der Waals surface area contributed by atoms with Crippen molar-refractivity contribution in [2.45, 2.75) is 19.4 Å². The molecule has 0 atom stereocenters. The fourth-order valence-corrected chi connectivity index (χ4v) is 3.71. The van der Waals surface area contributed by atoms with Crippen molar-refractivity contribution in [3.8, 4) is 22.9 Å². The zero-order valence-electron chi connectivity index (χ0n) is 15.7. The Morgan fingerprint density at radius 2 is 1.93 bits per heavy atom. The number of nitrogens with one attached hydrogen (secondary N) is 1. The van der Waals surface area contributed by atoms with Gasteiger partial charge in [-0.2, -0.15) is 0 Å². The first-order valence-electron chi connectivity index (χ1n) is 9.51. The number of benzene rings is 2. The highest BCUT2D eigenvalue weighted by molar-refractivity contribution is 5.79. The third kappa shape index (κ3) is 3.35. The van der Waals surface area contributed by atoms with Crippen LogP contribution < -0.4 is 15.0 Å². The lowest BCUT2D eigenvalue weighted by Crippen LogP contribution is -2.40. The number of aromatic amines is 1. The molecule has 1 N–H and O–H groups in total. The summed E-state index contributed by atoms with van der Waals surface area (Å²) >= 11 is 0. The van der Waals surface area contributed by atoms with Gasteiger partial charge < -0.3 is 19.4 Å². The van der Waals surface area contributed by atoms with Crippen LogP contribution >= 0.6 is 0 Å². The van der Waals surface area contributed by atoms with E-state index in [2.05, 4.69) is 9.97 Å². The van der Waals surface area contributed by atoms with E-state index in [-0.39, 0.29) is 31.2 Å². The molecule has 1 amide bonds. The maximum absolute atomic E-state index is 12.8. The van der Waals surface area contributed by atoms with Gasteiger partial charge in [0.05, 0.1) is 24.2 Å². The van der Waals surface area contributed by atoms with Gasteiger partial charge in [0.15, 0.2) is 11.5 Å². The molecule has 0 unspecified atom stereocenters. The van der Waals surface area contributed by atoms with Crippen LogP contribution in [0.2, 0.25) is 0 Å². The molecule has 2 aliphatic rings. The number of carbonyl (C=O) groups is 1. The number of hydrogen-bond donors (Lipinski definition) is 1. The maximum Gasteiger partial charge on any atom is 0.256 e. The third-order valence-corrected chi connectivity index (χ3v) is 5.26. The normalized spacial score (nSPS) is 14.6. The van der Waals surface area contributed by atoms with Gasteiger partial charge in [0, 0.05) is 18.5 Å². The monoisotopic (exact) mass is 389 g/mol. The molecule has 0 bridgehead atoms. The molecular formula is C22H19N3O4.